The highest BCUT2D eigenvalue weighted by atomic mass is 16.6. The highest BCUT2D eigenvalue weighted by Gasteiger charge is 2.36. The zero-order chi connectivity index (χ0) is 13.9. The van der Waals surface area contributed by atoms with E-state index in [4.69, 9.17) is 4.74 Å². The average molecular weight is 256 g/mol. The Kier molecular flexibility index (Phi) is 3.65. The van der Waals surface area contributed by atoms with Crippen molar-refractivity contribution in [2.45, 2.75) is 25.9 Å². The van der Waals surface area contributed by atoms with E-state index in [2.05, 4.69) is 0 Å². The van der Waals surface area contributed by atoms with Gasteiger partial charge in [-0.25, -0.2) is 0 Å². The lowest BCUT2D eigenvalue weighted by Crippen LogP contribution is -2.40. The highest BCUT2D eigenvalue weighted by molar-refractivity contribution is 5.92. The summed E-state index contributed by atoms with van der Waals surface area (Å²) in [6.45, 7) is 2.75. The van der Waals surface area contributed by atoms with E-state index in [-0.39, 0.29) is 5.78 Å². The Balaban J connectivity index is 2.25. The first-order chi connectivity index (χ1) is 9.03. The number of esters is 1. The molecule has 0 saturated carbocycles. The van der Waals surface area contributed by atoms with Crippen LogP contribution in [-0.2, 0) is 14.3 Å². The molecule has 3 nitrogen and oxygen atoms in total. The number of carbonyl (C=O) groups excluding carboxylic acids is 2. The molecule has 1 unspecified atom stereocenters. The number of allylic oxidation sites excluding steroid dienone is 2. The van der Waals surface area contributed by atoms with Crippen molar-refractivity contribution in [3.8, 4) is 0 Å². The topological polar surface area (TPSA) is 43.4 Å². The molecular formula is C16H16O3. The van der Waals surface area contributed by atoms with Gasteiger partial charge in [0.15, 0.2) is 11.4 Å². The van der Waals surface area contributed by atoms with Crippen LogP contribution in [0.5, 0.6) is 0 Å². The molecule has 0 fully saturated rings. The van der Waals surface area contributed by atoms with Gasteiger partial charge >= 0.3 is 5.97 Å². The Labute approximate surface area is 112 Å². The quantitative estimate of drug-likeness (QED) is 0.781. The molecule has 1 aliphatic carbocycles. The van der Waals surface area contributed by atoms with Crippen LogP contribution in [0.3, 0.4) is 0 Å². The lowest BCUT2D eigenvalue weighted by Gasteiger charge is -2.29. The van der Waals surface area contributed by atoms with E-state index in [9.17, 15) is 9.59 Å². The maximum Gasteiger partial charge on any atom is 0.303 e. The smallest absolute Gasteiger partial charge is 0.303 e. The Morgan fingerprint density at radius 2 is 1.84 bits per heavy atom. The van der Waals surface area contributed by atoms with Crippen molar-refractivity contribution in [1.29, 1.82) is 0 Å². The van der Waals surface area contributed by atoms with Crippen molar-refractivity contribution < 1.29 is 14.3 Å². The number of rotatable bonds is 3. The molecule has 0 saturated heterocycles. The van der Waals surface area contributed by atoms with Gasteiger partial charge in [0.2, 0.25) is 0 Å². The predicted octanol–water partition coefficient (Wildman–Crippen LogP) is 2.92. The van der Waals surface area contributed by atoms with Gasteiger partial charge in [0, 0.05) is 13.3 Å². The third kappa shape index (κ3) is 2.81. The van der Waals surface area contributed by atoms with E-state index in [0.29, 0.717) is 6.42 Å². The van der Waals surface area contributed by atoms with Crippen LogP contribution in [0.1, 0.15) is 25.8 Å². The molecule has 0 aromatic heterocycles. The van der Waals surface area contributed by atoms with E-state index >= 15 is 0 Å². The number of hydrogen-bond donors (Lipinski definition) is 0. The molecule has 1 aromatic rings. The largest absolute Gasteiger partial charge is 0.447 e. The minimum atomic E-state index is -1.13. The Hall–Kier alpha value is -2.16. The number of ketones is 1. The van der Waals surface area contributed by atoms with Crippen LogP contribution in [0.2, 0.25) is 0 Å². The molecule has 1 atom stereocenters. The van der Waals surface area contributed by atoms with Crippen LogP contribution in [-0.4, -0.2) is 17.4 Å². The summed E-state index contributed by atoms with van der Waals surface area (Å²) in [5.74, 6) is -0.612. The van der Waals surface area contributed by atoms with Gasteiger partial charge < -0.3 is 4.74 Å². The van der Waals surface area contributed by atoms with E-state index in [0.717, 1.165) is 11.1 Å². The first-order valence-electron chi connectivity index (χ1n) is 6.19. The number of benzene rings is 1. The van der Waals surface area contributed by atoms with Gasteiger partial charge in [-0.2, -0.15) is 0 Å². The maximum absolute atomic E-state index is 11.7. The Morgan fingerprint density at radius 1 is 1.16 bits per heavy atom. The molecular weight excluding hydrogens is 240 g/mol. The Morgan fingerprint density at radius 3 is 2.32 bits per heavy atom. The summed E-state index contributed by atoms with van der Waals surface area (Å²) in [4.78, 5) is 22.9. The summed E-state index contributed by atoms with van der Waals surface area (Å²) in [6.07, 6.45) is 5.82. The zero-order valence-electron chi connectivity index (χ0n) is 11.1. The molecule has 1 aromatic carbocycles. The molecule has 0 spiro atoms. The standard InChI is InChI=1S/C16H16O3/c1-12(17)16(19-13(2)18)10-8-15(9-11-16)14-6-4-3-5-7-14/h3-10H,11H2,1-2H3. The molecule has 0 bridgehead atoms. The van der Waals surface area contributed by atoms with Gasteiger partial charge in [0.05, 0.1) is 0 Å². The third-order valence-electron chi connectivity index (χ3n) is 3.19. The average Bonchev–Trinajstić information content (AvgIpc) is 2.39. The Bertz CT molecular complexity index is 555. The van der Waals surface area contributed by atoms with Crippen molar-refractivity contribution in [3.05, 3.63) is 54.1 Å². The number of hydrogen-bond acceptors (Lipinski definition) is 3. The van der Waals surface area contributed by atoms with Crippen LogP contribution < -0.4 is 0 Å². The predicted molar refractivity (Wildman–Crippen MR) is 73.4 cm³/mol. The fraction of sp³-hybridized carbons (Fsp3) is 0.250. The molecule has 3 heteroatoms. The van der Waals surface area contributed by atoms with Crippen LogP contribution in [0, 0.1) is 0 Å². The summed E-state index contributed by atoms with van der Waals surface area (Å²) in [5, 5.41) is 0. The number of Topliss-reactive ketones (excluding diaryl/α,β-unsaturated/α-hetero) is 1. The van der Waals surface area contributed by atoms with Gasteiger partial charge in [-0.15, -0.1) is 0 Å². The highest BCUT2D eigenvalue weighted by Crippen LogP contribution is 2.30. The fourth-order valence-electron chi connectivity index (χ4n) is 2.13. The van der Waals surface area contributed by atoms with Crippen molar-refractivity contribution in [1.82, 2.24) is 0 Å². The van der Waals surface area contributed by atoms with Gasteiger partial charge in [0.25, 0.3) is 0 Å². The SMILES string of the molecule is CC(=O)OC1(C(C)=O)C=CC(c2ccccc2)=CC1. The summed E-state index contributed by atoms with van der Waals surface area (Å²) in [5.41, 5.74) is 0.979. The van der Waals surface area contributed by atoms with Gasteiger partial charge in [-0.1, -0.05) is 42.5 Å². The van der Waals surface area contributed by atoms with Gasteiger partial charge in [-0.3, -0.25) is 9.59 Å². The number of ether oxygens (including phenoxy) is 1. The van der Waals surface area contributed by atoms with Crippen molar-refractivity contribution in [2.75, 3.05) is 0 Å². The van der Waals surface area contributed by atoms with Crippen molar-refractivity contribution in [3.63, 3.8) is 0 Å². The van der Waals surface area contributed by atoms with Gasteiger partial charge in [0.1, 0.15) is 0 Å². The lowest BCUT2D eigenvalue weighted by atomic mass is 9.86. The molecule has 0 radical (unpaired) electrons. The summed E-state index contributed by atoms with van der Waals surface area (Å²) >= 11 is 0. The molecule has 0 N–H and O–H groups in total. The molecule has 0 amide bonds. The maximum atomic E-state index is 11.7. The van der Waals surface area contributed by atoms with E-state index in [1.165, 1.54) is 13.8 Å². The molecule has 2 rings (SSSR count). The first kappa shape index (κ1) is 13.3. The second kappa shape index (κ2) is 5.22. The minimum Gasteiger partial charge on any atom is -0.447 e. The van der Waals surface area contributed by atoms with E-state index in [1.54, 1.807) is 6.08 Å². The van der Waals surface area contributed by atoms with Crippen LogP contribution >= 0.6 is 0 Å². The van der Waals surface area contributed by atoms with Gasteiger partial charge in [-0.05, 0) is 24.1 Å². The first-order valence-corrected chi connectivity index (χ1v) is 6.19. The second-order valence-corrected chi connectivity index (χ2v) is 4.60. The normalized spacial score (nSPS) is 21.7. The third-order valence-corrected chi connectivity index (χ3v) is 3.19. The molecule has 0 aliphatic heterocycles. The lowest BCUT2D eigenvalue weighted by molar-refractivity contribution is -0.159. The minimum absolute atomic E-state index is 0.165. The van der Waals surface area contributed by atoms with E-state index < -0.39 is 11.6 Å². The van der Waals surface area contributed by atoms with Crippen LogP contribution in [0.4, 0.5) is 0 Å². The fourth-order valence-corrected chi connectivity index (χ4v) is 2.13. The molecule has 19 heavy (non-hydrogen) atoms. The summed E-state index contributed by atoms with van der Waals surface area (Å²) in [7, 11) is 0. The zero-order valence-corrected chi connectivity index (χ0v) is 11.1. The molecule has 1 aliphatic rings. The summed E-state index contributed by atoms with van der Waals surface area (Å²) in [6, 6.07) is 9.88. The van der Waals surface area contributed by atoms with E-state index in [1.807, 2.05) is 42.5 Å². The summed E-state index contributed by atoms with van der Waals surface area (Å²) < 4.78 is 5.20. The van der Waals surface area contributed by atoms with Crippen molar-refractivity contribution in [2.24, 2.45) is 0 Å². The number of carbonyl (C=O) groups is 2. The molecule has 98 valence electrons. The monoisotopic (exact) mass is 256 g/mol. The second-order valence-electron chi connectivity index (χ2n) is 4.60. The van der Waals surface area contributed by atoms with Crippen molar-refractivity contribution >= 4 is 17.3 Å². The van der Waals surface area contributed by atoms with Crippen LogP contribution in [0.15, 0.2) is 48.6 Å². The molecule has 0 heterocycles. The van der Waals surface area contributed by atoms with Crippen LogP contribution in [0.25, 0.3) is 5.57 Å².